The predicted molar refractivity (Wildman–Crippen MR) is 79.9 cm³/mol. The van der Waals surface area contributed by atoms with Crippen molar-refractivity contribution in [2.45, 2.75) is 6.92 Å². The number of aryl methyl sites for hydroxylation is 1. The van der Waals surface area contributed by atoms with Crippen LogP contribution in [0.5, 0.6) is 0 Å². The fraction of sp³-hybridized carbons (Fsp3) is 0.417. The Morgan fingerprint density at radius 1 is 1.05 bits per heavy atom. The summed E-state index contributed by atoms with van der Waals surface area (Å²) in [5.74, 6) is 1.77. The van der Waals surface area contributed by atoms with E-state index in [0.717, 1.165) is 48.6 Å². The summed E-state index contributed by atoms with van der Waals surface area (Å²) in [6, 6.07) is 0. The Hall–Kier alpha value is -2.29. The molecule has 0 unspecified atom stereocenters. The van der Waals surface area contributed by atoms with Crippen LogP contribution in [0.15, 0.2) is 17.9 Å². The van der Waals surface area contributed by atoms with Crippen molar-refractivity contribution in [3.8, 4) is 0 Å². The van der Waals surface area contributed by atoms with Crippen LogP contribution in [0.2, 0.25) is 0 Å². The lowest BCUT2D eigenvalue weighted by Crippen LogP contribution is -2.47. The molecule has 0 atom stereocenters. The third-order valence-electron chi connectivity index (χ3n) is 3.68. The first-order valence-corrected chi connectivity index (χ1v) is 7.63. The summed E-state index contributed by atoms with van der Waals surface area (Å²) in [7, 11) is 0. The highest BCUT2D eigenvalue weighted by molar-refractivity contribution is 7.13. The van der Waals surface area contributed by atoms with Gasteiger partial charge in [0.25, 0.3) is 0 Å². The van der Waals surface area contributed by atoms with Gasteiger partial charge in [0.1, 0.15) is 11.3 Å². The number of fused-ring (bicyclic) bond motifs is 1. The van der Waals surface area contributed by atoms with Crippen LogP contribution < -0.4 is 9.80 Å². The number of hydrogen-bond acceptors (Lipinski definition) is 8. The summed E-state index contributed by atoms with van der Waals surface area (Å²) in [5.41, 5.74) is 2.59. The van der Waals surface area contributed by atoms with Crippen molar-refractivity contribution in [1.82, 2.24) is 29.8 Å². The van der Waals surface area contributed by atoms with Crippen LogP contribution in [0.25, 0.3) is 5.65 Å². The van der Waals surface area contributed by atoms with Crippen molar-refractivity contribution >= 4 is 27.9 Å². The summed E-state index contributed by atoms with van der Waals surface area (Å²) in [5, 5.41) is 17.4. The highest BCUT2D eigenvalue weighted by atomic mass is 32.1. The number of piperazine rings is 1. The van der Waals surface area contributed by atoms with Gasteiger partial charge in [-0.25, -0.2) is 4.98 Å². The highest BCUT2D eigenvalue weighted by Crippen LogP contribution is 2.22. The molecule has 3 aromatic heterocycles. The normalized spacial score (nSPS) is 15.9. The highest BCUT2D eigenvalue weighted by Gasteiger charge is 2.22. The fourth-order valence-electron chi connectivity index (χ4n) is 2.57. The maximum Gasteiger partial charge on any atom is 0.208 e. The van der Waals surface area contributed by atoms with Gasteiger partial charge in [-0.05, 0) is 6.92 Å². The first-order valence-electron chi connectivity index (χ1n) is 6.75. The van der Waals surface area contributed by atoms with E-state index in [1.54, 1.807) is 23.0 Å². The number of anilines is 2. The SMILES string of the molecule is Cc1nnc2c(N3CCN(c4nncs4)CC3)nccn12. The molecule has 4 rings (SSSR count). The molecule has 0 spiro atoms. The van der Waals surface area contributed by atoms with Crippen LogP contribution in [-0.2, 0) is 0 Å². The molecule has 8 nitrogen and oxygen atoms in total. The van der Waals surface area contributed by atoms with E-state index < -0.39 is 0 Å². The second-order valence-electron chi connectivity index (χ2n) is 4.89. The Morgan fingerprint density at radius 3 is 2.62 bits per heavy atom. The predicted octanol–water partition coefficient (Wildman–Crippen LogP) is 0.611. The second-order valence-corrected chi connectivity index (χ2v) is 5.70. The van der Waals surface area contributed by atoms with E-state index in [0.29, 0.717) is 0 Å². The molecule has 1 aliphatic rings. The van der Waals surface area contributed by atoms with Gasteiger partial charge in [-0.1, -0.05) is 11.3 Å². The van der Waals surface area contributed by atoms with E-state index in [1.807, 2.05) is 17.5 Å². The zero-order valence-corrected chi connectivity index (χ0v) is 12.4. The van der Waals surface area contributed by atoms with Crippen LogP contribution >= 0.6 is 11.3 Å². The average molecular weight is 302 g/mol. The Labute approximate surface area is 125 Å². The molecular formula is C12H14N8S. The molecule has 108 valence electrons. The van der Waals surface area contributed by atoms with Gasteiger partial charge >= 0.3 is 0 Å². The quantitative estimate of drug-likeness (QED) is 0.686. The van der Waals surface area contributed by atoms with Crippen molar-refractivity contribution < 1.29 is 0 Å². The molecule has 0 radical (unpaired) electrons. The van der Waals surface area contributed by atoms with Crippen molar-refractivity contribution in [1.29, 1.82) is 0 Å². The van der Waals surface area contributed by atoms with Crippen LogP contribution in [0.1, 0.15) is 5.82 Å². The van der Waals surface area contributed by atoms with Crippen LogP contribution in [0.3, 0.4) is 0 Å². The van der Waals surface area contributed by atoms with E-state index in [9.17, 15) is 0 Å². The minimum Gasteiger partial charge on any atom is -0.350 e. The standard InChI is InChI=1S/C12H14N8S/c1-9-15-16-11-10(13-2-3-20(9)11)18-4-6-19(7-5-18)12-17-14-8-21-12/h2-3,8H,4-7H2,1H3. The van der Waals surface area contributed by atoms with Gasteiger partial charge in [-0.3, -0.25) is 4.40 Å². The minimum atomic E-state index is 0.819. The Balaban J connectivity index is 1.58. The van der Waals surface area contributed by atoms with Gasteiger partial charge in [0, 0.05) is 38.6 Å². The summed E-state index contributed by atoms with van der Waals surface area (Å²) in [4.78, 5) is 8.99. The van der Waals surface area contributed by atoms with E-state index in [-0.39, 0.29) is 0 Å². The summed E-state index contributed by atoms with van der Waals surface area (Å²) in [6.07, 6.45) is 3.70. The van der Waals surface area contributed by atoms with Gasteiger partial charge in [0.05, 0.1) is 0 Å². The lowest BCUT2D eigenvalue weighted by Gasteiger charge is -2.34. The Bertz CT molecular complexity index is 744. The average Bonchev–Trinajstić information content (AvgIpc) is 3.18. The molecule has 0 N–H and O–H groups in total. The van der Waals surface area contributed by atoms with Gasteiger partial charge < -0.3 is 9.80 Å². The molecule has 1 fully saturated rings. The second kappa shape index (κ2) is 4.92. The first-order chi connectivity index (χ1) is 10.3. The summed E-state index contributed by atoms with van der Waals surface area (Å²) >= 11 is 1.58. The van der Waals surface area contributed by atoms with E-state index in [1.165, 1.54) is 0 Å². The molecule has 0 aliphatic carbocycles. The zero-order chi connectivity index (χ0) is 14.2. The van der Waals surface area contributed by atoms with Gasteiger partial charge in [0.2, 0.25) is 10.8 Å². The lowest BCUT2D eigenvalue weighted by atomic mass is 10.3. The molecule has 1 saturated heterocycles. The van der Waals surface area contributed by atoms with Crippen molar-refractivity contribution in [3.63, 3.8) is 0 Å². The molecule has 9 heteroatoms. The Kier molecular flexibility index (Phi) is 2.92. The summed E-state index contributed by atoms with van der Waals surface area (Å²) in [6.45, 7) is 5.53. The minimum absolute atomic E-state index is 0.819. The first kappa shape index (κ1) is 12.5. The number of rotatable bonds is 2. The maximum atomic E-state index is 4.49. The van der Waals surface area contributed by atoms with Gasteiger partial charge in [-0.2, -0.15) is 0 Å². The maximum absolute atomic E-state index is 4.49. The molecule has 0 bridgehead atoms. The lowest BCUT2D eigenvalue weighted by molar-refractivity contribution is 0.644. The molecule has 21 heavy (non-hydrogen) atoms. The number of nitrogens with zero attached hydrogens (tertiary/aromatic N) is 8. The molecule has 3 aromatic rings. The van der Waals surface area contributed by atoms with Crippen molar-refractivity contribution in [2.75, 3.05) is 36.0 Å². The number of aromatic nitrogens is 6. The van der Waals surface area contributed by atoms with Gasteiger partial charge in [-0.15, -0.1) is 20.4 Å². The molecular weight excluding hydrogens is 288 g/mol. The topological polar surface area (TPSA) is 75.3 Å². The van der Waals surface area contributed by atoms with Crippen LogP contribution in [0.4, 0.5) is 10.9 Å². The third-order valence-corrected chi connectivity index (χ3v) is 4.43. The van der Waals surface area contributed by atoms with Crippen molar-refractivity contribution in [3.05, 3.63) is 23.7 Å². The number of hydrogen-bond donors (Lipinski definition) is 0. The zero-order valence-electron chi connectivity index (χ0n) is 11.5. The molecule has 0 saturated carbocycles. The molecule has 1 aliphatic heterocycles. The van der Waals surface area contributed by atoms with Gasteiger partial charge in [0.15, 0.2) is 5.82 Å². The smallest absolute Gasteiger partial charge is 0.208 e. The van der Waals surface area contributed by atoms with E-state index in [4.69, 9.17) is 0 Å². The molecule has 0 aromatic carbocycles. The molecule has 4 heterocycles. The third kappa shape index (κ3) is 2.09. The largest absolute Gasteiger partial charge is 0.350 e. The molecule has 0 amide bonds. The monoisotopic (exact) mass is 302 g/mol. The van der Waals surface area contributed by atoms with E-state index in [2.05, 4.69) is 35.2 Å². The summed E-state index contributed by atoms with van der Waals surface area (Å²) < 4.78 is 1.97. The van der Waals surface area contributed by atoms with Crippen molar-refractivity contribution in [2.24, 2.45) is 0 Å². The van der Waals surface area contributed by atoms with E-state index >= 15 is 0 Å². The fourth-order valence-corrected chi connectivity index (χ4v) is 3.18. The van der Waals surface area contributed by atoms with Crippen LogP contribution in [-0.4, -0.2) is 56.0 Å². The van der Waals surface area contributed by atoms with Crippen LogP contribution in [0, 0.1) is 6.92 Å². The Morgan fingerprint density at radius 2 is 1.86 bits per heavy atom.